The number of nitrogens with zero attached hydrogens (tertiary/aromatic N) is 1. The molecule has 0 bridgehead atoms. The molecule has 0 saturated carbocycles. The molecule has 1 aliphatic rings. The molecule has 0 aliphatic carbocycles. The van der Waals surface area contributed by atoms with Crippen LogP contribution in [0.5, 0.6) is 5.75 Å². The van der Waals surface area contributed by atoms with Crippen LogP contribution >= 0.6 is 0 Å². The van der Waals surface area contributed by atoms with Crippen molar-refractivity contribution in [2.45, 2.75) is 51.9 Å². The summed E-state index contributed by atoms with van der Waals surface area (Å²) in [6.45, 7) is 6.17. The summed E-state index contributed by atoms with van der Waals surface area (Å²) in [6.07, 6.45) is 7.35. The number of rotatable bonds is 10. The number of unbranched alkanes of at least 4 members (excludes halogenated alkanes) is 2. The maximum Gasteiger partial charge on any atom is 0.222 e. The van der Waals surface area contributed by atoms with Crippen molar-refractivity contribution >= 4 is 5.91 Å². The van der Waals surface area contributed by atoms with Crippen LogP contribution in [0.2, 0.25) is 0 Å². The van der Waals surface area contributed by atoms with Crippen LogP contribution < -0.4 is 10.1 Å². The Morgan fingerprint density at radius 1 is 1.16 bits per heavy atom. The number of carbonyl (C=O) groups is 1. The summed E-state index contributed by atoms with van der Waals surface area (Å²) in [7, 11) is 1.69. The lowest BCUT2D eigenvalue weighted by atomic mass is 9.96. The summed E-state index contributed by atoms with van der Waals surface area (Å²) in [5.74, 6) is 2.00. The molecule has 1 amide bonds. The number of nitrogens with one attached hydrogen (secondary N) is 1. The third kappa shape index (κ3) is 7.07. The average molecular weight is 347 g/mol. The Kier molecular flexibility index (Phi) is 8.81. The van der Waals surface area contributed by atoms with Gasteiger partial charge in [0.15, 0.2) is 0 Å². The van der Waals surface area contributed by atoms with Crippen LogP contribution in [0, 0.1) is 5.92 Å². The van der Waals surface area contributed by atoms with E-state index in [-0.39, 0.29) is 0 Å². The van der Waals surface area contributed by atoms with Crippen LogP contribution in [0.25, 0.3) is 0 Å². The van der Waals surface area contributed by atoms with Crippen molar-refractivity contribution in [1.29, 1.82) is 0 Å². The SMILES string of the molecule is CCNCC1CCN(C(=O)CCCCCc2ccc(OC)cc2)CC1. The van der Waals surface area contributed by atoms with E-state index in [1.165, 1.54) is 5.56 Å². The maximum absolute atomic E-state index is 12.3. The zero-order chi connectivity index (χ0) is 17.9. The smallest absolute Gasteiger partial charge is 0.222 e. The van der Waals surface area contributed by atoms with E-state index in [0.717, 1.165) is 76.4 Å². The Hall–Kier alpha value is -1.55. The minimum Gasteiger partial charge on any atom is -0.497 e. The lowest BCUT2D eigenvalue weighted by Gasteiger charge is -2.32. The van der Waals surface area contributed by atoms with E-state index in [1.54, 1.807) is 7.11 Å². The normalized spacial score (nSPS) is 15.4. The highest BCUT2D eigenvalue weighted by molar-refractivity contribution is 5.76. The zero-order valence-electron chi connectivity index (χ0n) is 15.9. The number of amides is 1. The Labute approximate surface area is 152 Å². The third-order valence-corrected chi connectivity index (χ3v) is 5.17. The predicted molar refractivity (Wildman–Crippen MR) is 103 cm³/mol. The molecule has 1 aliphatic heterocycles. The molecule has 0 aromatic heterocycles. The van der Waals surface area contributed by atoms with Gasteiger partial charge in [-0.2, -0.15) is 0 Å². The number of hydrogen-bond acceptors (Lipinski definition) is 3. The molecule has 0 spiro atoms. The molecule has 1 aromatic rings. The van der Waals surface area contributed by atoms with Gasteiger partial charge in [0, 0.05) is 19.5 Å². The lowest BCUT2D eigenvalue weighted by Crippen LogP contribution is -2.40. The fraction of sp³-hybridized carbons (Fsp3) is 0.667. The Morgan fingerprint density at radius 3 is 2.52 bits per heavy atom. The molecule has 4 nitrogen and oxygen atoms in total. The van der Waals surface area contributed by atoms with Gasteiger partial charge in [0.25, 0.3) is 0 Å². The molecule has 140 valence electrons. The van der Waals surface area contributed by atoms with Gasteiger partial charge in [-0.15, -0.1) is 0 Å². The van der Waals surface area contributed by atoms with E-state index in [9.17, 15) is 4.79 Å². The van der Waals surface area contributed by atoms with E-state index in [2.05, 4.69) is 29.3 Å². The number of piperidine rings is 1. The fourth-order valence-corrected chi connectivity index (χ4v) is 3.47. The first-order chi connectivity index (χ1) is 12.2. The van der Waals surface area contributed by atoms with Gasteiger partial charge in [-0.05, 0) is 68.8 Å². The quantitative estimate of drug-likeness (QED) is 0.658. The monoisotopic (exact) mass is 346 g/mol. The summed E-state index contributed by atoms with van der Waals surface area (Å²) in [6, 6.07) is 8.28. The lowest BCUT2D eigenvalue weighted by molar-refractivity contribution is -0.132. The van der Waals surface area contributed by atoms with E-state index in [4.69, 9.17) is 4.74 Å². The van der Waals surface area contributed by atoms with Gasteiger partial charge in [-0.1, -0.05) is 25.5 Å². The topological polar surface area (TPSA) is 41.6 Å². The van der Waals surface area contributed by atoms with Crippen molar-refractivity contribution in [3.8, 4) is 5.75 Å². The summed E-state index contributed by atoms with van der Waals surface area (Å²) in [4.78, 5) is 14.4. The first-order valence-corrected chi connectivity index (χ1v) is 9.84. The third-order valence-electron chi connectivity index (χ3n) is 5.17. The summed E-state index contributed by atoms with van der Waals surface area (Å²) < 4.78 is 5.18. The Morgan fingerprint density at radius 2 is 1.88 bits per heavy atom. The number of benzene rings is 1. The largest absolute Gasteiger partial charge is 0.497 e. The highest BCUT2D eigenvalue weighted by atomic mass is 16.5. The molecule has 4 heteroatoms. The maximum atomic E-state index is 12.3. The van der Waals surface area contributed by atoms with E-state index in [0.29, 0.717) is 12.3 Å². The van der Waals surface area contributed by atoms with E-state index >= 15 is 0 Å². The fourth-order valence-electron chi connectivity index (χ4n) is 3.47. The molecule has 1 heterocycles. The van der Waals surface area contributed by atoms with Crippen LogP contribution in [-0.4, -0.2) is 44.1 Å². The van der Waals surface area contributed by atoms with Gasteiger partial charge in [0.1, 0.15) is 5.75 Å². The van der Waals surface area contributed by atoms with Gasteiger partial charge in [-0.25, -0.2) is 0 Å². The van der Waals surface area contributed by atoms with E-state index < -0.39 is 0 Å². The van der Waals surface area contributed by atoms with Gasteiger partial charge in [0.05, 0.1) is 7.11 Å². The highest BCUT2D eigenvalue weighted by Gasteiger charge is 2.21. The van der Waals surface area contributed by atoms with Crippen molar-refractivity contribution in [2.24, 2.45) is 5.92 Å². The summed E-state index contributed by atoms with van der Waals surface area (Å²) >= 11 is 0. The van der Waals surface area contributed by atoms with Gasteiger partial charge in [-0.3, -0.25) is 4.79 Å². The molecule has 1 aromatic carbocycles. The molecule has 1 saturated heterocycles. The molecule has 1 fully saturated rings. The number of hydrogen-bond donors (Lipinski definition) is 1. The number of carbonyl (C=O) groups excluding carboxylic acids is 1. The van der Waals surface area contributed by atoms with Crippen molar-refractivity contribution in [3.05, 3.63) is 29.8 Å². The Balaban J connectivity index is 1.55. The van der Waals surface area contributed by atoms with Crippen LogP contribution in [0.3, 0.4) is 0 Å². The molecule has 25 heavy (non-hydrogen) atoms. The molecule has 0 radical (unpaired) electrons. The van der Waals surface area contributed by atoms with Crippen molar-refractivity contribution in [3.63, 3.8) is 0 Å². The second-order valence-corrected chi connectivity index (χ2v) is 7.04. The van der Waals surface area contributed by atoms with Crippen LogP contribution in [0.15, 0.2) is 24.3 Å². The number of methoxy groups -OCH3 is 1. The first kappa shape index (κ1) is 19.8. The number of likely N-dealkylation sites (tertiary alicyclic amines) is 1. The summed E-state index contributed by atoms with van der Waals surface area (Å²) in [5, 5.41) is 3.42. The highest BCUT2D eigenvalue weighted by Crippen LogP contribution is 2.18. The Bertz CT molecular complexity index is 493. The van der Waals surface area contributed by atoms with Crippen LogP contribution in [0.4, 0.5) is 0 Å². The van der Waals surface area contributed by atoms with Gasteiger partial charge in [0.2, 0.25) is 5.91 Å². The number of aryl methyl sites for hydroxylation is 1. The van der Waals surface area contributed by atoms with Crippen molar-refractivity contribution in [1.82, 2.24) is 10.2 Å². The summed E-state index contributed by atoms with van der Waals surface area (Å²) in [5.41, 5.74) is 1.34. The molecule has 2 rings (SSSR count). The minimum absolute atomic E-state index is 0.353. The minimum atomic E-state index is 0.353. The molecule has 0 atom stereocenters. The van der Waals surface area contributed by atoms with Crippen LogP contribution in [-0.2, 0) is 11.2 Å². The zero-order valence-corrected chi connectivity index (χ0v) is 15.9. The second kappa shape index (κ2) is 11.1. The average Bonchev–Trinajstić information content (AvgIpc) is 2.67. The standard InChI is InChI=1S/C21H34N2O2/c1-3-22-17-19-13-15-23(16-14-19)21(24)8-6-4-5-7-18-9-11-20(25-2)12-10-18/h9-12,19,22H,3-8,13-17H2,1-2H3. The molecular weight excluding hydrogens is 312 g/mol. The van der Waals surface area contributed by atoms with E-state index in [1.807, 2.05) is 12.1 Å². The first-order valence-electron chi connectivity index (χ1n) is 9.84. The predicted octanol–water partition coefficient (Wildman–Crippen LogP) is 3.65. The van der Waals surface area contributed by atoms with Crippen molar-refractivity contribution < 1.29 is 9.53 Å². The molecule has 0 unspecified atom stereocenters. The molecule has 1 N–H and O–H groups in total. The second-order valence-electron chi connectivity index (χ2n) is 7.04. The number of ether oxygens (including phenoxy) is 1. The van der Waals surface area contributed by atoms with Gasteiger partial charge < -0.3 is 15.0 Å². The van der Waals surface area contributed by atoms with Crippen molar-refractivity contribution in [2.75, 3.05) is 33.3 Å². The van der Waals surface area contributed by atoms with Crippen LogP contribution in [0.1, 0.15) is 51.0 Å². The van der Waals surface area contributed by atoms with Gasteiger partial charge >= 0.3 is 0 Å². The molecular formula is C21H34N2O2.